The summed E-state index contributed by atoms with van der Waals surface area (Å²) in [5.41, 5.74) is 1.13. The SMILES string of the molecule is COC(OC)C(=O)NCCc1ccc(OC(C)C)cc1. The zero-order valence-corrected chi connectivity index (χ0v) is 12.5. The van der Waals surface area contributed by atoms with Crippen LogP contribution < -0.4 is 10.1 Å². The van der Waals surface area contributed by atoms with Crippen LogP contribution in [0.2, 0.25) is 0 Å². The Labute approximate surface area is 120 Å². The van der Waals surface area contributed by atoms with E-state index in [1.165, 1.54) is 14.2 Å². The van der Waals surface area contributed by atoms with E-state index in [1.807, 2.05) is 38.1 Å². The Bertz CT molecular complexity index is 399. The third-order valence-corrected chi connectivity index (χ3v) is 2.65. The van der Waals surface area contributed by atoms with Gasteiger partial charge in [-0.1, -0.05) is 12.1 Å². The first kappa shape index (κ1) is 16.5. The van der Waals surface area contributed by atoms with Gasteiger partial charge in [0.05, 0.1) is 6.10 Å². The molecular formula is C15H23NO4. The van der Waals surface area contributed by atoms with Gasteiger partial charge in [0.25, 0.3) is 5.91 Å². The molecule has 0 bridgehead atoms. The van der Waals surface area contributed by atoms with E-state index in [-0.39, 0.29) is 12.0 Å². The predicted molar refractivity (Wildman–Crippen MR) is 76.7 cm³/mol. The minimum Gasteiger partial charge on any atom is -0.491 e. The van der Waals surface area contributed by atoms with Gasteiger partial charge in [-0.3, -0.25) is 4.79 Å². The van der Waals surface area contributed by atoms with Gasteiger partial charge in [0, 0.05) is 20.8 Å². The van der Waals surface area contributed by atoms with Crippen molar-refractivity contribution < 1.29 is 19.0 Å². The molecule has 5 nitrogen and oxygen atoms in total. The molecule has 0 fully saturated rings. The van der Waals surface area contributed by atoms with Gasteiger partial charge in [-0.2, -0.15) is 0 Å². The van der Waals surface area contributed by atoms with Crippen molar-refractivity contribution in [2.24, 2.45) is 0 Å². The van der Waals surface area contributed by atoms with Crippen molar-refractivity contribution >= 4 is 5.91 Å². The largest absolute Gasteiger partial charge is 0.491 e. The molecule has 0 aliphatic rings. The van der Waals surface area contributed by atoms with E-state index in [4.69, 9.17) is 14.2 Å². The quantitative estimate of drug-likeness (QED) is 0.738. The Hall–Kier alpha value is -1.59. The lowest BCUT2D eigenvalue weighted by atomic mass is 10.1. The van der Waals surface area contributed by atoms with Crippen LogP contribution >= 0.6 is 0 Å². The summed E-state index contributed by atoms with van der Waals surface area (Å²) in [6, 6.07) is 7.86. The summed E-state index contributed by atoms with van der Waals surface area (Å²) in [4.78, 5) is 11.6. The van der Waals surface area contributed by atoms with Crippen LogP contribution in [0, 0.1) is 0 Å². The van der Waals surface area contributed by atoms with Gasteiger partial charge in [-0.25, -0.2) is 0 Å². The predicted octanol–water partition coefficient (Wildman–Crippen LogP) is 1.75. The lowest BCUT2D eigenvalue weighted by Crippen LogP contribution is -2.37. The molecule has 0 radical (unpaired) electrons. The van der Waals surface area contributed by atoms with Gasteiger partial charge >= 0.3 is 0 Å². The van der Waals surface area contributed by atoms with E-state index in [1.54, 1.807) is 0 Å². The highest BCUT2D eigenvalue weighted by atomic mass is 16.7. The van der Waals surface area contributed by atoms with Crippen LogP contribution in [0.3, 0.4) is 0 Å². The third kappa shape index (κ3) is 5.59. The standard InChI is InChI=1S/C15H23NO4/c1-11(2)20-13-7-5-12(6-8-13)9-10-16-14(17)15(18-3)19-4/h5-8,11,15H,9-10H2,1-4H3,(H,16,17). The average Bonchev–Trinajstić information content (AvgIpc) is 2.41. The average molecular weight is 281 g/mol. The highest BCUT2D eigenvalue weighted by molar-refractivity contribution is 5.79. The maximum atomic E-state index is 11.6. The molecule has 1 aromatic rings. The lowest BCUT2D eigenvalue weighted by molar-refractivity contribution is -0.158. The zero-order valence-electron chi connectivity index (χ0n) is 12.5. The molecule has 0 spiro atoms. The molecule has 1 amide bonds. The number of nitrogens with one attached hydrogen (secondary N) is 1. The second-order valence-corrected chi connectivity index (χ2v) is 4.65. The number of carbonyl (C=O) groups excluding carboxylic acids is 1. The van der Waals surface area contributed by atoms with Gasteiger partial charge in [0.2, 0.25) is 6.29 Å². The molecule has 0 saturated heterocycles. The summed E-state index contributed by atoms with van der Waals surface area (Å²) in [5, 5.41) is 2.76. The molecule has 1 aromatic carbocycles. The van der Waals surface area contributed by atoms with Crippen LogP contribution in [0.5, 0.6) is 5.75 Å². The van der Waals surface area contributed by atoms with E-state index in [0.29, 0.717) is 6.54 Å². The Morgan fingerprint density at radius 2 is 1.75 bits per heavy atom. The van der Waals surface area contributed by atoms with E-state index in [0.717, 1.165) is 17.7 Å². The summed E-state index contributed by atoms with van der Waals surface area (Å²) >= 11 is 0. The Balaban J connectivity index is 2.37. The third-order valence-electron chi connectivity index (χ3n) is 2.65. The lowest BCUT2D eigenvalue weighted by Gasteiger charge is -2.13. The van der Waals surface area contributed by atoms with Crippen LogP contribution in [0.4, 0.5) is 0 Å². The first-order valence-electron chi connectivity index (χ1n) is 6.65. The first-order chi connectivity index (χ1) is 9.56. The van der Waals surface area contributed by atoms with Crippen molar-refractivity contribution in [3.8, 4) is 5.75 Å². The fourth-order valence-electron chi connectivity index (χ4n) is 1.73. The topological polar surface area (TPSA) is 56.8 Å². The fourth-order valence-corrected chi connectivity index (χ4v) is 1.73. The van der Waals surface area contributed by atoms with E-state index in [2.05, 4.69) is 5.32 Å². The molecule has 1 N–H and O–H groups in total. The number of amides is 1. The van der Waals surface area contributed by atoms with Crippen molar-refractivity contribution in [1.29, 1.82) is 0 Å². The molecule has 112 valence electrons. The normalized spacial score (nSPS) is 10.9. The minimum absolute atomic E-state index is 0.167. The van der Waals surface area contributed by atoms with Crippen molar-refractivity contribution in [2.45, 2.75) is 32.7 Å². The summed E-state index contributed by atoms with van der Waals surface area (Å²) in [6.45, 7) is 4.52. The molecule has 0 unspecified atom stereocenters. The van der Waals surface area contributed by atoms with Crippen LogP contribution in [-0.4, -0.2) is 39.1 Å². The van der Waals surface area contributed by atoms with Crippen LogP contribution in [0.25, 0.3) is 0 Å². The van der Waals surface area contributed by atoms with E-state index in [9.17, 15) is 4.79 Å². The summed E-state index contributed by atoms with van der Waals surface area (Å²) in [6.07, 6.45) is 0.0605. The smallest absolute Gasteiger partial charge is 0.277 e. The number of rotatable bonds is 8. The second kappa shape index (κ2) is 8.55. The van der Waals surface area contributed by atoms with Gasteiger partial charge in [-0.05, 0) is 38.0 Å². The van der Waals surface area contributed by atoms with Gasteiger partial charge in [0.1, 0.15) is 5.75 Å². The van der Waals surface area contributed by atoms with Gasteiger partial charge in [0.15, 0.2) is 0 Å². The highest BCUT2D eigenvalue weighted by Crippen LogP contribution is 2.13. The van der Waals surface area contributed by atoms with Crippen LogP contribution in [0.1, 0.15) is 19.4 Å². The Kier molecular flexibility index (Phi) is 7.04. The maximum Gasteiger partial charge on any atom is 0.277 e. The van der Waals surface area contributed by atoms with Crippen molar-refractivity contribution in [1.82, 2.24) is 5.32 Å². The molecule has 0 aliphatic carbocycles. The number of benzene rings is 1. The molecule has 0 aromatic heterocycles. The molecule has 1 rings (SSSR count). The monoisotopic (exact) mass is 281 g/mol. The van der Waals surface area contributed by atoms with Crippen LogP contribution in [-0.2, 0) is 20.7 Å². The summed E-state index contributed by atoms with van der Waals surface area (Å²) in [7, 11) is 2.86. The molecule has 5 heteroatoms. The van der Waals surface area contributed by atoms with Crippen molar-refractivity contribution in [3.63, 3.8) is 0 Å². The highest BCUT2D eigenvalue weighted by Gasteiger charge is 2.15. The number of carbonyl (C=O) groups is 1. The molecule has 0 saturated carbocycles. The van der Waals surface area contributed by atoms with E-state index < -0.39 is 6.29 Å². The molecular weight excluding hydrogens is 258 g/mol. The number of hydrogen-bond donors (Lipinski definition) is 1. The van der Waals surface area contributed by atoms with Gasteiger partial charge in [-0.15, -0.1) is 0 Å². The number of hydrogen-bond acceptors (Lipinski definition) is 4. The summed E-state index contributed by atoms with van der Waals surface area (Å²) < 4.78 is 15.3. The van der Waals surface area contributed by atoms with Crippen molar-refractivity contribution in [2.75, 3.05) is 20.8 Å². The number of ether oxygens (including phenoxy) is 3. The second-order valence-electron chi connectivity index (χ2n) is 4.65. The fraction of sp³-hybridized carbons (Fsp3) is 0.533. The maximum absolute atomic E-state index is 11.6. The van der Waals surface area contributed by atoms with Gasteiger partial charge < -0.3 is 19.5 Å². The molecule has 0 aliphatic heterocycles. The molecule has 0 heterocycles. The van der Waals surface area contributed by atoms with E-state index >= 15 is 0 Å². The Morgan fingerprint density at radius 1 is 1.15 bits per heavy atom. The Morgan fingerprint density at radius 3 is 2.25 bits per heavy atom. The zero-order chi connectivity index (χ0) is 15.0. The molecule has 0 atom stereocenters. The van der Waals surface area contributed by atoms with Crippen molar-refractivity contribution in [3.05, 3.63) is 29.8 Å². The minimum atomic E-state index is -0.850. The summed E-state index contributed by atoms with van der Waals surface area (Å²) in [5.74, 6) is 0.585. The van der Waals surface area contributed by atoms with Crippen LogP contribution in [0.15, 0.2) is 24.3 Å². The number of methoxy groups -OCH3 is 2. The molecule has 20 heavy (non-hydrogen) atoms. The first-order valence-corrected chi connectivity index (χ1v) is 6.65.